The molecule has 0 aromatic heterocycles. The van der Waals surface area contributed by atoms with Crippen molar-refractivity contribution >= 4 is 23.8 Å². The first kappa shape index (κ1) is 22.2. The van der Waals surface area contributed by atoms with E-state index in [0.29, 0.717) is 19.4 Å². The minimum Gasteiger partial charge on any atom is -0.356 e. The molecule has 3 N–H and O–H groups in total. The summed E-state index contributed by atoms with van der Waals surface area (Å²) in [6, 6.07) is 9.91. The minimum atomic E-state index is -0.775. The number of benzene rings is 1. The second-order valence-corrected chi connectivity index (χ2v) is 7.64. The van der Waals surface area contributed by atoms with E-state index in [1.165, 1.54) is 6.08 Å². The molecule has 0 radical (unpaired) electrons. The molecule has 1 aromatic carbocycles. The van der Waals surface area contributed by atoms with E-state index < -0.39 is 18.0 Å². The number of hydrogen-bond acceptors (Lipinski definition) is 4. The lowest BCUT2D eigenvalue weighted by Crippen LogP contribution is -2.50. The van der Waals surface area contributed by atoms with Crippen LogP contribution in [-0.4, -0.2) is 36.3 Å². The highest BCUT2D eigenvalue weighted by Gasteiger charge is 2.29. The van der Waals surface area contributed by atoms with E-state index in [9.17, 15) is 19.6 Å². The first-order valence-electron chi connectivity index (χ1n) is 9.90. The number of rotatable bonds is 9. The highest BCUT2D eigenvalue weighted by atomic mass is 16.2. The molecule has 7 heteroatoms. The summed E-state index contributed by atoms with van der Waals surface area (Å²) in [5.41, 5.74) is 0.881. The van der Waals surface area contributed by atoms with Crippen LogP contribution in [-0.2, 0) is 14.4 Å². The summed E-state index contributed by atoms with van der Waals surface area (Å²) in [5, 5.41) is 17.5. The maximum absolute atomic E-state index is 12.7. The van der Waals surface area contributed by atoms with Crippen molar-refractivity contribution in [2.75, 3.05) is 6.54 Å². The summed E-state index contributed by atoms with van der Waals surface area (Å²) in [7, 11) is 0. The Bertz CT molecular complexity index is 783. The molecule has 2 unspecified atom stereocenters. The van der Waals surface area contributed by atoms with E-state index in [0.717, 1.165) is 5.56 Å². The molecule has 2 rings (SSSR count). The van der Waals surface area contributed by atoms with Crippen molar-refractivity contribution in [3.63, 3.8) is 0 Å². The lowest BCUT2D eigenvalue weighted by Gasteiger charge is -2.22. The van der Waals surface area contributed by atoms with E-state index in [1.807, 2.05) is 50.2 Å². The summed E-state index contributed by atoms with van der Waals surface area (Å²) in [6.07, 6.45) is 4.43. The third kappa shape index (κ3) is 7.41. The van der Waals surface area contributed by atoms with Crippen molar-refractivity contribution in [2.45, 2.75) is 45.2 Å². The minimum absolute atomic E-state index is 0.0856. The zero-order valence-corrected chi connectivity index (χ0v) is 16.9. The van der Waals surface area contributed by atoms with Crippen molar-refractivity contribution in [3.05, 3.63) is 42.0 Å². The average Bonchev–Trinajstić information content (AvgIpc) is 3.10. The van der Waals surface area contributed by atoms with Crippen LogP contribution in [0.2, 0.25) is 0 Å². The molecule has 154 valence electrons. The largest absolute Gasteiger partial charge is 0.356 e. The lowest BCUT2D eigenvalue weighted by atomic mass is 9.98. The Morgan fingerprint density at radius 3 is 2.59 bits per heavy atom. The fourth-order valence-electron chi connectivity index (χ4n) is 3.23. The van der Waals surface area contributed by atoms with Gasteiger partial charge in [0, 0.05) is 18.5 Å². The van der Waals surface area contributed by atoms with Crippen LogP contribution in [0.15, 0.2) is 36.4 Å². The van der Waals surface area contributed by atoms with Crippen LogP contribution in [0, 0.1) is 23.2 Å². The van der Waals surface area contributed by atoms with Crippen molar-refractivity contribution < 1.29 is 14.4 Å². The monoisotopic (exact) mass is 396 g/mol. The van der Waals surface area contributed by atoms with Gasteiger partial charge in [0.25, 0.3) is 0 Å². The van der Waals surface area contributed by atoms with Crippen LogP contribution in [0.25, 0.3) is 6.08 Å². The molecule has 0 saturated carbocycles. The Balaban J connectivity index is 1.97. The van der Waals surface area contributed by atoms with Gasteiger partial charge in [0.2, 0.25) is 17.7 Å². The normalized spacial score (nSPS) is 18.1. The highest BCUT2D eigenvalue weighted by molar-refractivity contribution is 5.95. The topological polar surface area (TPSA) is 111 Å². The molecule has 0 spiro atoms. The van der Waals surface area contributed by atoms with Gasteiger partial charge in [0.1, 0.15) is 12.1 Å². The molecule has 3 amide bonds. The molecule has 0 bridgehead atoms. The van der Waals surface area contributed by atoms with Gasteiger partial charge in [-0.3, -0.25) is 14.4 Å². The highest BCUT2D eigenvalue weighted by Crippen LogP contribution is 2.16. The Morgan fingerprint density at radius 1 is 1.28 bits per heavy atom. The SMILES string of the molecule is CC(C)CC(NC(=O)/C=C/c1ccccc1)C(=O)NC(C#N)C[C@@H]1CCNC1=O. The molecule has 7 nitrogen and oxygen atoms in total. The predicted molar refractivity (Wildman–Crippen MR) is 110 cm³/mol. The Kier molecular flexibility index (Phi) is 8.41. The molecule has 1 saturated heterocycles. The van der Waals surface area contributed by atoms with Gasteiger partial charge < -0.3 is 16.0 Å². The van der Waals surface area contributed by atoms with Crippen LogP contribution in [0.1, 0.15) is 38.7 Å². The molecule has 0 aliphatic carbocycles. The number of nitriles is 1. The van der Waals surface area contributed by atoms with Gasteiger partial charge in [-0.1, -0.05) is 44.2 Å². The second-order valence-electron chi connectivity index (χ2n) is 7.64. The molecule has 1 aliphatic rings. The first-order chi connectivity index (χ1) is 13.9. The quantitative estimate of drug-likeness (QED) is 0.552. The molecular weight excluding hydrogens is 368 g/mol. The number of amides is 3. The third-order valence-electron chi connectivity index (χ3n) is 4.72. The molecule has 1 heterocycles. The number of nitrogens with one attached hydrogen (secondary N) is 3. The van der Waals surface area contributed by atoms with Crippen LogP contribution in [0.5, 0.6) is 0 Å². The molecule has 29 heavy (non-hydrogen) atoms. The maximum Gasteiger partial charge on any atom is 0.244 e. The number of carbonyl (C=O) groups is 3. The predicted octanol–water partition coefficient (Wildman–Crippen LogP) is 1.77. The van der Waals surface area contributed by atoms with Gasteiger partial charge in [-0.2, -0.15) is 5.26 Å². The molecule has 1 aliphatic heterocycles. The number of carbonyl (C=O) groups excluding carboxylic acids is 3. The van der Waals surface area contributed by atoms with Gasteiger partial charge in [0.15, 0.2) is 0 Å². The van der Waals surface area contributed by atoms with Gasteiger partial charge in [-0.05, 0) is 36.8 Å². The van der Waals surface area contributed by atoms with E-state index in [1.54, 1.807) is 6.08 Å². The van der Waals surface area contributed by atoms with Gasteiger partial charge in [-0.15, -0.1) is 0 Å². The van der Waals surface area contributed by atoms with Gasteiger partial charge >= 0.3 is 0 Å². The summed E-state index contributed by atoms with van der Waals surface area (Å²) in [4.78, 5) is 36.7. The van der Waals surface area contributed by atoms with Crippen LogP contribution in [0.4, 0.5) is 0 Å². The molecule has 1 aromatic rings. The maximum atomic E-state index is 12.7. The van der Waals surface area contributed by atoms with Crippen molar-refractivity contribution in [1.29, 1.82) is 5.26 Å². The summed E-state index contributed by atoms with van der Waals surface area (Å²) in [5.74, 6) is -0.974. The van der Waals surface area contributed by atoms with E-state index in [-0.39, 0.29) is 30.1 Å². The number of hydrogen-bond donors (Lipinski definition) is 3. The molecular formula is C22H28N4O3. The van der Waals surface area contributed by atoms with E-state index in [4.69, 9.17) is 0 Å². The summed E-state index contributed by atoms with van der Waals surface area (Å²) in [6.45, 7) is 4.50. The van der Waals surface area contributed by atoms with Crippen LogP contribution < -0.4 is 16.0 Å². The fourth-order valence-corrected chi connectivity index (χ4v) is 3.23. The summed E-state index contributed by atoms with van der Waals surface area (Å²) < 4.78 is 0. The first-order valence-corrected chi connectivity index (χ1v) is 9.90. The standard InChI is InChI=1S/C22H28N4O3/c1-15(2)12-19(26-20(27)9-8-16-6-4-3-5-7-16)22(29)25-18(14-23)13-17-10-11-24-21(17)28/h3-9,15,17-19H,10-13H2,1-2H3,(H,24,28)(H,25,29)(H,26,27)/b9-8+/t17-,18?,19?/m0/s1. The Morgan fingerprint density at radius 2 is 2.00 bits per heavy atom. The smallest absolute Gasteiger partial charge is 0.244 e. The Labute approximate surface area is 171 Å². The lowest BCUT2D eigenvalue weighted by molar-refractivity contribution is -0.128. The van der Waals surface area contributed by atoms with Crippen LogP contribution in [0.3, 0.4) is 0 Å². The zero-order valence-electron chi connectivity index (χ0n) is 16.9. The van der Waals surface area contributed by atoms with Crippen molar-refractivity contribution in [1.82, 2.24) is 16.0 Å². The zero-order chi connectivity index (χ0) is 21.2. The molecule has 1 fully saturated rings. The van der Waals surface area contributed by atoms with E-state index in [2.05, 4.69) is 16.0 Å². The van der Waals surface area contributed by atoms with Gasteiger partial charge in [-0.25, -0.2) is 0 Å². The number of nitrogens with zero attached hydrogens (tertiary/aromatic N) is 1. The van der Waals surface area contributed by atoms with Gasteiger partial charge in [0.05, 0.1) is 6.07 Å². The Hall–Kier alpha value is -3.14. The average molecular weight is 396 g/mol. The summed E-state index contributed by atoms with van der Waals surface area (Å²) >= 11 is 0. The van der Waals surface area contributed by atoms with Crippen molar-refractivity contribution in [2.24, 2.45) is 11.8 Å². The fraction of sp³-hybridized carbons (Fsp3) is 0.455. The molecule has 3 atom stereocenters. The third-order valence-corrected chi connectivity index (χ3v) is 4.72. The van der Waals surface area contributed by atoms with Crippen LogP contribution >= 0.6 is 0 Å². The van der Waals surface area contributed by atoms with Crippen molar-refractivity contribution in [3.8, 4) is 6.07 Å². The second kappa shape index (κ2) is 11.0. The van der Waals surface area contributed by atoms with E-state index >= 15 is 0 Å².